The van der Waals surface area contributed by atoms with Crippen LogP contribution in [0.25, 0.3) is 20.9 Å². The van der Waals surface area contributed by atoms with Gasteiger partial charge in [-0.25, -0.2) is 0 Å². The molecule has 4 nitrogen and oxygen atoms in total. The van der Waals surface area contributed by atoms with Crippen molar-refractivity contribution in [1.82, 2.24) is 10.6 Å². The summed E-state index contributed by atoms with van der Waals surface area (Å²) in [6.45, 7) is 7.09. The minimum Gasteiger partial charge on any atom is -0.385 e. The molecule has 1 saturated heterocycles. The maximum atomic E-state index is 13.3. The molecule has 0 radical (unpaired) electrons. The Kier molecular flexibility index (Phi) is 6.81. The number of amides is 1. The molecule has 6 heteroatoms. The molecule has 0 saturated carbocycles. The van der Waals surface area contributed by atoms with E-state index in [1.807, 2.05) is 19.1 Å². The molecule has 1 fully saturated rings. The van der Waals surface area contributed by atoms with Crippen LogP contribution in [0.4, 0.5) is 5.69 Å². The van der Waals surface area contributed by atoms with Gasteiger partial charge < -0.3 is 16.0 Å². The van der Waals surface area contributed by atoms with E-state index in [1.54, 1.807) is 22.7 Å². The molecular formula is C28H29N3OS2. The molecule has 4 aromatic rings. The summed E-state index contributed by atoms with van der Waals surface area (Å²) in [7, 11) is 0. The summed E-state index contributed by atoms with van der Waals surface area (Å²) >= 11 is 3.47. The van der Waals surface area contributed by atoms with Crippen molar-refractivity contribution in [3.63, 3.8) is 0 Å². The summed E-state index contributed by atoms with van der Waals surface area (Å²) in [5.41, 5.74) is 6.17. The number of benzene rings is 2. The molecule has 0 bridgehead atoms. The van der Waals surface area contributed by atoms with Gasteiger partial charge in [-0.15, -0.1) is 22.7 Å². The number of aryl methyl sites for hydroxylation is 1. The molecular weight excluding hydrogens is 458 g/mol. The van der Waals surface area contributed by atoms with E-state index in [-0.39, 0.29) is 11.9 Å². The normalized spacial score (nSPS) is 14.4. The van der Waals surface area contributed by atoms with E-state index in [1.165, 1.54) is 20.9 Å². The van der Waals surface area contributed by atoms with Crippen molar-refractivity contribution in [3.05, 3.63) is 88.1 Å². The summed E-state index contributed by atoms with van der Waals surface area (Å²) in [5, 5.41) is 14.2. The molecule has 5 rings (SSSR count). The van der Waals surface area contributed by atoms with E-state index in [2.05, 4.69) is 82.2 Å². The maximum Gasteiger partial charge on any atom is 0.252 e. The van der Waals surface area contributed by atoms with Crippen molar-refractivity contribution in [2.75, 3.05) is 25.0 Å². The molecule has 2 aromatic carbocycles. The topological polar surface area (TPSA) is 53.2 Å². The van der Waals surface area contributed by atoms with Crippen molar-refractivity contribution < 1.29 is 4.79 Å². The fourth-order valence-corrected chi connectivity index (χ4v) is 5.59. The molecule has 2 aromatic heterocycles. The Morgan fingerprint density at radius 1 is 1.00 bits per heavy atom. The molecule has 1 aliphatic heterocycles. The quantitative estimate of drug-likeness (QED) is 0.263. The highest BCUT2D eigenvalue weighted by molar-refractivity contribution is 7.14. The molecule has 1 atom stereocenters. The standard InChI is InChI=1S/C28H29N3OS2/c1-18-7-8-24(30-17-20-15-29-16-20)14-25(18)28(32)31-19(2)21-11-22(26-5-3-9-33-26)13-23(12-21)27-6-4-10-34-27/h3-14,19-20,29-30H,15-17H2,1-2H3,(H,31,32)/t19-/m1/s1. The maximum absolute atomic E-state index is 13.3. The molecule has 3 N–H and O–H groups in total. The lowest BCUT2D eigenvalue weighted by Gasteiger charge is -2.27. The molecule has 174 valence electrons. The van der Waals surface area contributed by atoms with Crippen molar-refractivity contribution in [2.45, 2.75) is 19.9 Å². The van der Waals surface area contributed by atoms with Crippen LogP contribution in [0, 0.1) is 12.8 Å². The highest BCUT2D eigenvalue weighted by Crippen LogP contribution is 2.34. The van der Waals surface area contributed by atoms with Gasteiger partial charge in [0.2, 0.25) is 0 Å². The van der Waals surface area contributed by atoms with Crippen molar-refractivity contribution >= 4 is 34.3 Å². The summed E-state index contributed by atoms with van der Waals surface area (Å²) in [4.78, 5) is 15.8. The average molecular weight is 488 g/mol. The average Bonchev–Trinajstić information content (AvgIpc) is 3.53. The Balaban J connectivity index is 1.37. The number of carbonyl (C=O) groups excluding carboxylic acids is 1. The van der Waals surface area contributed by atoms with Gasteiger partial charge in [0, 0.05) is 46.6 Å². The Hall–Kier alpha value is -2.93. The van der Waals surface area contributed by atoms with E-state index < -0.39 is 0 Å². The SMILES string of the molecule is Cc1ccc(NCC2CNC2)cc1C(=O)N[C@H](C)c1cc(-c2cccs2)cc(-c2cccs2)c1. The van der Waals surface area contributed by atoms with Crippen LogP contribution in [0.15, 0.2) is 71.4 Å². The van der Waals surface area contributed by atoms with Crippen molar-refractivity contribution in [1.29, 1.82) is 0 Å². The second kappa shape index (κ2) is 10.1. The lowest BCUT2D eigenvalue weighted by Crippen LogP contribution is -2.45. The first-order valence-corrected chi connectivity index (χ1v) is 13.4. The van der Waals surface area contributed by atoms with Gasteiger partial charge in [-0.2, -0.15) is 0 Å². The number of anilines is 1. The van der Waals surface area contributed by atoms with E-state index >= 15 is 0 Å². The fourth-order valence-electron chi connectivity index (χ4n) is 4.16. The van der Waals surface area contributed by atoms with Crippen LogP contribution >= 0.6 is 22.7 Å². The fraction of sp³-hybridized carbons (Fsp3) is 0.250. The lowest BCUT2D eigenvalue weighted by atomic mass is 9.98. The highest BCUT2D eigenvalue weighted by atomic mass is 32.1. The minimum absolute atomic E-state index is 0.0434. The van der Waals surface area contributed by atoms with Gasteiger partial charge in [-0.05, 0) is 89.3 Å². The minimum atomic E-state index is -0.122. The smallest absolute Gasteiger partial charge is 0.252 e. The Bertz CT molecular complexity index is 1210. The van der Waals surface area contributed by atoms with Crippen LogP contribution in [0.5, 0.6) is 0 Å². The van der Waals surface area contributed by atoms with Crippen molar-refractivity contribution in [2.24, 2.45) is 5.92 Å². The van der Waals surface area contributed by atoms with E-state index in [0.29, 0.717) is 5.92 Å². The zero-order valence-corrected chi connectivity index (χ0v) is 21.1. The van der Waals surface area contributed by atoms with Crippen LogP contribution in [-0.4, -0.2) is 25.5 Å². The molecule has 1 amide bonds. The summed E-state index contributed by atoms with van der Waals surface area (Å²) < 4.78 is 0. The summed E-state index contributed by atoms with van der Waals surface area (Å²) in [6, 6.07) is 21.0. The molecule has 0 spiro atoms. The zero-order valence-electron chi connectivity index (χ0n) is 19.4. The molecule has 3 heterocycles. The number of carbonyl (C=O) groups is 1. The third kappa shape index (κ3) is 5.09. The second-order valence-electron chi connectivity index (χ2n) is 8.93. The first kappa shape index (κ1) is 22.8. The van der Waals surface area contributed by atoms with Gasteiger partial charge in [-0.1, -0.05) is 18.2 Å². The second-order valence-corrected chi connectivity index (χ2v) is 10.8. The van der Waals surface area contributed by atoms with Gasteiger partial charge in [0.1, 0.15) is 0 Å². The summed E-state index contributed by atoms with van der Waals surface area (Å²) in [5.74, 6) is 0.616. The van der Waals surface area contributed by atoms with Crippen LogP contribution in [0.1, 0.15) is 34.5 Å². The van der Waals surface area contributed by atoms with Gasteiger partial charge in [0.05, 0.1) is 6.04 Å². The third-order valence-corrected chi connectivity index (χ3v) is 8.20. The Morgan fingerprint density at radius 3 is 2.24 bits per heavy atom. The number of thiophene rings is 2. The van der Waals surface area contributed by atoms with Crippen LogP contribution in [0.3, 0.4) is 0 Å². The predicted molar refractivity (Wildman–Crippen MR) is 145 cm³/mol. The molecule has 0 unspecified atom stereocenters. The monoisotopic (exact) mass is 487 g/mol. The highest BCUT2D eigenvalue weighted by Gasteiger charge is 2.18. The Labute approximate surface area is 209 Å². The third-order valence-electron chi connectivity index (χ3n) is 6.36. The number of hydrogen-bond donors (Lipinski definition) is 3. The van der Waals surface area contributed by atoms with E-state index in [4.69, 9.17) is 0 Å². The largest absolute Gasteiger partial charge is 0.385 e. The Morgan fingerprint density at radius 2 is 1.68 bits per heavy atom. The van der Waals surface area contributed by atoms with Gasteiger partial charge in [-0.3, -0.25) is 4.79 Å². The van der Waals surface area contributed by atoms with Crippen LogP contribution < -0.4 is 16.0 Å². The van der Waals surface area contributed by atoms with Gasteiger partial charge in [0.15, 0.2) is 0 Å². The van der Waals surface area contributed by atoms with Crippen molar-refractivity contribution in [3.8, 4) is 20.9 Å². The molecule has 34 heavy (non-hydrogen) atoms. The first-order chi connectivity index (χ1) is 16.6. The molecule has 0 aliphatic carbocycles. The molecule has 1 aliphatic rings. The number of rotatable bonds is 8. The van der Waals surface area contributed by atoms with Gasteiger partial charge in [0.25, 0.3) is 5.91 Å². The van der Waals surface area contributed by atoms with Crippen LogP contribution in [0.2, 0.25) is 0 Å². The predicted octanol–water partition coefficient (Wildman–Crippen LogP) is 6.57. The lowest BCUT2D eigenvalue weighted by molar-refractivity contribution is 0.0939. The van der Waals surface area contributed by atoms with Gasteiger partial charge >= 0.3 is 0 Å². The van der Waals surface area contributed by atoms with E-state index in [9.17, 15) is 4.79 Å². The summed E-state index contributed by atoms with van der Waals surface area (Å²) in [6.07, 6.45) is 0. The number of nitrogens with one attached hydrogen (secondary N) is 3. The van der Waals surface area contributed by atoms with Crippen LogP contribution in [-0.2, 0) is 0 Å². The number of hydrogen-bond acceptors (Lipinski definition) is 5. The van der Waals surface area contributed by atoms with E-state index in [0.717, 1.165) is 42.0 Å². The zero-order chi connectivity index (χ0) is 23.5. The first-order valence-electron chi connectivity index (χ1n) is 11.7.